The molecule has 2 rings (SSSR count). The first-order chi connectivity index (χ1) is 10.6. The van der Waals surface area contributed by atoms with Crippen LogP contribution in [0.15, 0.2) is 23.1 Å². The Morgan fingerprint density at radius 1 is 1.52 bits per heavy atom. The van der Waals surface area contributed by atoms with Crippen molar-refractivity contribution in [3.05, 3.63) is 29.6 Å². The second kappa shape index (κ2) is 5.91. The van der Waals surface area contributed by atoms with Crippen LogP contribution in [-0.2, 0) is 14.8 Å². The second-order valence-corrected chi connectivity index (χ2v) is 8.27. The van der Waals surface area contributed by atoms with E-state index in [1.54, 1.807) is 6.07 Å². The third-order valence-corrected chi connectivity index (χ3v) is 6.04. The van der Waals surface area contributed by atoms with E-state index in [4.69, 9.17) is 10.4 Å². The molecule has 1 unspecified atom stereocenters. The fraction of sp³-hybridized carbons (Fsp3) is 0.467. The van der Waals surface area contributed by atoms with Crippen molar-refractivity contribution in [2.75, 3.05) is 13.1 Å². The van der Waals surface area contributed by atoms with Gasteiger partial charge in [-0.2, -0.15) is 9.57 Å². The molecule has 1 heterocycles. The summed E-state index contributed by atoms with van der Waals surface area (Å²) in [7, 11) is -3.93. The molecule has 8 heteroatoms. The van der Waals surface area contributed by atoms with E-state index in [-0.39, 0.29) is 35.9 Å². The van der Waals surface area contributed by atoms with Crippen LogP contribution >= 0.6 is 0 Å². The standard InChI is InChI=1S/C15H17FN2O4S/c1-15(2)9-18(8-11(15)5-14(19)20)23(21,22)12-4-3-10(7-17)13(16)6-12/h3-4,6,11H,5,8-9H2,1-2H3,(H,19,20). The zero-order valence-electron chi connectivity index (χ0n) is 12.8. The number of halogens is 1. The van der Waals surface area contributed by atoms with Crippen molar-refractivity contribution in [3.63, 3.8) is 0 Å². The van der Waals surface area contributed by atoms with Gasteiger partial charge in [-0.3, -0.25) is 4.79 Å². The van der Waals surface area contributed by atoms with Crippen LogP contribution < -0.4 is 0 Å². The summed E-state index contributed by atoms with van der Waals surface area (Å²) in [6.07, 6.45) is -0.124. The lowest BCUT2D eigenvalue weighted by molar-refractivity contribution is -0.138. The highest BCUT2D eigenvalue weighted by Crippen LogP contribution is 2.39. The fourth-order valence-corrected chi connectivity index (χ4v) is 4.44. The highest BCUT2D eigenvalue weighted by atomic mass is 32.2. The molecule has 0 saturated carbocycles. The lowest BCUT2D eigenvalue weighted by atomic mass is 9.80. The number of nitrogens with zero attached hydrogens (tertiary/aromatic N) is 2. The topological polar surface area (TPSA) is 98.5 Å². The number of benzene rings is 1. The maximum Gasteiger partial charge on any atom is 0.303 e. The smallest absolute Gasteiger partial charge is 0.303 e. The van der Waals surface area contributed by atoms with E-state index < -0.39 is 27.2 Å². The van der Waals surface area contributed by atoms with Crippen molar-refractivity contribution in [3.8, 4) is 6.07 Å². The summed E-state index contributed by atoms with van der Waals surface area (Å²) in [6.45, 7) is 3.86. The molecule has 124 valence electrons. The third-order valence-electron chi connectivity index (χ3n) is 4.23. The number of carboxylic acids is 1. The summed E-state index contributed by atoms with van der Waals surface area (Å²) in [6, 6.07) is 4.77. The van der Waals surface area contributed by atoms with E-state index >= 15 is 0 Å². The summed E-state index contributed by atoms with van der Waals surface area (Å²) in [4.78, 5) is 10.7. The van der Waals surface area contributed by atoms with E-state index in [0.717, 1.165) is 12.1 Å². The molecule has 23 heavy (non-hydrogen) atoms. The first kappa shape index (κ1) is 17.4. The van der Waals surface area contributed by atoms with Crippen molar-refractivity contribution >= 4 is 16.0 Å². The Kier molecular flexibility index (Phi) is 4.46. The van der Waals surface area contributed by atoms with Gasteiger partial charge in [-0.1, -0.05) is 13.8 Å². The maximum atomic E-state index is 13.7. The molecule has 1 saturated heterocycles. The number of carboxylic acid groups (broad SMARTS) is 1. The molecular weight excluding hydrogens is 323 g/mol. The van der Waals surface area contributed by atoms with E-state index in [0.29, 0.717) is 0 Å². The van der Waals surface area contributed by atoms with Gasteiger partial charge in [0.1, 0.15) is 11.9 Å². The lowest BCUT2D eigenvalue weighted by Gasteiger charge is -2.24. The number of sulfonamides is 1. The highest BCUT2D eigenvalue weighted by Gasteiger charge is 2.45. The van der Waals surface area contributed by atoms with Crippen LogP contribution in [-0.4, -0.2) is 36.9 Å². The molecule has 0 amide bonds. The van der Waals surface area contributed by atoms with Crippen LogP contribution in [0, 0.1) is 28.5 Å². The van der Waals surface area contributed by atoms with E-state index in [1.807, 2.05) is 13.8 Å². The molecule has 1 aliphatic heterocycles. The van der Waals surface area contributed by atoms with Gasteiger partial charge in [0.05, 0.1) is 10.5 Å². The number of rotatable bonds is 4. The Hall–Kier alpha value is -1.98. The number of carbonyl (C=O) groups is 1. The summed E-state index contributed by atoms with van der Waals surface area (Å²) >= 11 is 0. The first-order valence-corrected chi connectivity index (χ1v) is 8.43. The van der Waals surface area contributed by atoms with Crippen molar-refractivity contribution in [2.45, 2.75) is 25.2 Å². The number of aliphatic carboxylic acids is 1. The van der Waals surface area contributed by atoms with Crippen LogP contribution in [0.3, 0.4) is 0 Å². The van der Waals surface area contributed by atoms with Gasteiger partial charge in [0.2, 0.25) is 10.0 Å². The molecule has 0 radical (unpaired) electrons. The Labute approximate surface area is 134 Å². The number of hydrogen-bond acceptors (Lipinski definition) is 4. The van der Waals surface area contributed by atoms with Gasteiger partial charge in [0.25, 0.3) is 0 Å². The van der Waals surface area contributed by atoms with Crippen LogP contribution in [0.5, 0.6) is 0 Å². The molecule has 1 fully saturated rings. The predicted molar refractivity (Wildman–Crippen MR) is 79.4 cm³/mol. The van der Waals surface area contributed by atoms with Gasteiger partial charge in [-0.05, 0) is 29.5 Å². The normalized spacial score (nSPS) is 21.0. The van der Waals surface area contributed by atoms with Crippen molar-refractivity contribution in [1.29, 1.82) is 5.26 Å². The quantitative estimate of drug-likeness (QED) is 0.901. The minimum absolute atomic E-state index is 0.0727. The van der Waals surface area contributed by atoms with Crippen LogP contribution in [0.2, 0.25) is 0 Å². The van der Waals surface area contributed by atoms with E-state index in [9.17, 15) is 17.6 Å². The Bertz CT molecular complexity index is 783. The molecule has 0 bridgehead atoms. The van der Waals surface area contributed by atoms with Gasteiger partial charge < -0.3 is 5.11 Å². The molecule has 6 nitrogen and oxygen atoms in total. The van der Waals surface area contributed by atoms with Gasteiger partial charge in [0, 0.05) is 19.5 Å². The van der Waals surface area contributed by atoms with Gasteiger partial charge in [-0.15, -0.1) is 0 Å². The van der Waals surface area contributed by atoms with Gasteiger partial charge in [-0.25, -0.2) is 12.8 Å². The molecule has 1 aromatic carbocycles. The van der Waals surface area contributed by atoms with Gasteiger partial charge in [0.15, 0.2) is 0 Å². The van der Waals surface area contributed by atoms with Crippen LogP contribution in [0.4, 0.5) is 4.39 Å². The van der Waals surface area contributed by atoms with Crippen LogP contribution in [0.1, 0.15) is 25.8 Å². The number of hydrogen-bond donors (Lipinski definition) is 1. The van der Waals surface area contributed by atoms with Crippen molar-refractivity contribution < 1.29 is 22.7 Å². The second-order valence-electron chi connectivity index (χ2n) is 6.33. The fourth-order valence-electron chi connectivity index (χ4n) is 2.77. The van der Waals surface area contributed by atoms with Crippen molar-refractivity contribution in [2.24, 2.45) is 11.3 Å². The zero-order chi connectivity index (χ0) is 17.4. The molecule has 1 aliphatic rings. The predicted octanol–water partition coefficient (Wildman–Crippen LogP) is 1.82. The first-order valence-electron chi connectivity index (χ1n) is 6.99. The molecule has 1 N–H and O–H groups in total. The summed E-state index contributed by atoms with van der Waals surface area (Å²) in [5.41, 5.74) is -0.717. The van der Waals surface area contributed by atoms with E-state index in [2.05, 4.69) is 0 Å². The van der Waals surface area contributed by atoms with Crippen molar-refractivity contribution in [1.82, 2.24) is 4.31 Å². The summed E-state index contributed by atoms with van der Waals surface area (Å²) in [5, 5.41) is 17.7. The Morgan fingerprint density at radius 2 is 2.17 bits per heavy atom. The highest BCUT2D eigenvalue weighted by molar-refractivity contribution is 7.89. The molecule has 1 atom stereocenters. The summed E-state index contributed by atoms with van der Waals surface area (Å²) in [5.74, 6) is -2.20. The van der Waals surface area contributed by atoms with Crippen LogP contribution in [0.25, 0.3) is 0 Å². The largest absolute Gasteiger partial charge is 0.481 e. The molecular formula is C15H17FN2O4S. The monoisotopic (exact) mass is 340 g/mol. The lowest BCUT2D eigenvalue weighted by Crippen LogP contribution is -2.30. The molecule has 0 aromatic heterocycles. The molecule has 0 aliphatic carbocycles. The molecule has 0 spiro atoms. The minimum atomic E-state index is -3.93. The van der Waals surface area contributed by atoms with Gasteiger partial charge >= 0.3 is 5.97 Å². The minimum Gasteiger partial charge on any atom is -0.481 e. The average Bonchev–Trinajstić information content (AvgIpc) is 2.74. The number of nitriles is 1. The third kappa shape index (κ3) is 3.35. The average molecular weight is 340 g/mol. The Balaban J connectivity index is 2.33. The zero-order valence-corrected chi connectivity index (χ0v) is 13.6. The summed E-state index contributed by atoms with van der Waals surface area (Å²) < 4.78 is 40.1. The SMILES string of the molecule is CC1(C)CN(S(=O)(=O)c2ccc(C#N)c(F)c2)CC1CC(=O)O. The Morgan fingerprint density at radius 3 is 2.70 bits per heavy atom. The van der Waals surface area contributed by atoms with E-state index in [1.165, 1.54) is 10.4 Å². The maximum absolute atomic E-state index is 13.7. The molecule has 1 aromatic rings.